The Morgan fingerprint density at radius 1 is 0.885 bits per heavy atom. The molecule has 0 N–H and O–H groups in total. The molecule has 5 heteroatoms. The molecule has 1 aromatic heterocycles. The van der Waals surface area contributed by atoms with Crippen LogP contribution in [0, 0.1) is 19.8 Å². The Bertz CT molecular complexity index is 698. The molecule has 142 valence electrons. The second-order valence-electron chi connectivity index (χ2n) is 8.34. The molecular formula is C21H31N3O2. The number of hydrogen-bond donors (Lipinski definition) is 0. The van der Waals surface area contributed by atoms with Crippen LogP contribution in [0.3, 0.4) is 0 Å². The van der Waals surface area contributed by atoms with E-state index in [-0.39, 0.29) is 11.8 Å². The minimum atomic E-state index is 0.139. The maximum atomic E-state index is 13.1. The van der Waals surface area contributed by atoms with Gasteiger partial charge in [-0.2, -0.15) is 0 Å². The molecule has 5 nitrogen and oxygen atoms in total. The summed E-state index contributed by atoms with van der Waals surface area (Å²) >= 11 is 0. The number of carbonyl (C=O) groups is 2. The minimum Gasteiger partial charge on any atom is -0.345 e. The molecule has 3 aliphatic rings. The van der Waals surface area contributed by atoms with E-state index < -0.39 is 0 Å². The fraction of sp³-hybridized carbons (Fsp3) is 0.714. The summed E-state index contributed by atoms with van der Waals surface area (Å²) in [6.45, 7) is 7.06. The van der Waals surface area contributed by atoms with Gasteiger partial charge in [0.2, 0.25) is 5.91 Å². The van der Waals surface area contributed by atoms with Gasteiger partial charge in [-0.3, -0.25) is 9.59 Å². The molecule has 2 amide bonds. The fourth-order valence-corrected chi connectivity index (χ4v) is 4.83. The second-order valence-corrected chi connectivity index (χ2v) is 8.34. The zero-order chi connectivity index (χ0) is 18.3. The Morgan fingerprint density at radius 2 is 1.54 bits per heavy atom. The van der Waals surface area contributed by atoms with Gasteiger partial charge in [-0.1, -0.05) is 12.8 Å². The van der Waals surface area contributed by atoms with Crippen LogP contribution in [-0.2, 0) is 4.79 Å². The van der Waals surface area contributed by atoms with Crippen molar-refractivity contribution in [2.24, 2.45) is 5.92 Å². The lowest BCUT2D eigenvalue weighted by Crippen LogP contribution is -2.39. The standard InChI is InChI=1S/C21H31N3O2/c1-15-14-19(16(2)24(15)18-8-9-18)21(26)23-11-5-10-22(12-13-23)20(25)17-6-3-4-7-17/h14,17-18H,3-13H2,1-2H3. The zero-order valence-corrected chi connectivity index (χ0v) is 16.2. The Kier molecular flexibility index (Phi) is 4.80. The summed E-state index contributed by atoms with van der Waals surface area (Å²) < 4.78 is 2.33. The summed E-state index contributed by atoms with van der Waals surface area (Å²) in [6.07, 6.45) is 7.80. The molecule has 2 heterocycles. The van der Waals surface area contributed by atoms with Gasteiger partial charge in [0.25, 0.3) is 5.91 Å². The fourth-order valence-electron chi connectivity index (χ4n) is 4.83. The van der Waals surface area contributed by atoms with Crippen LogP contribution >= 0.6 is 0 Å². The summed E-state index contributed by atoms with van der Waals surface area (Å²) in [5, 5.41) is 0. The first-order valence-corrected chi connectivity index (χ1v) is 10.3. The summed E-state index contributed by atoms with van der Waals surface area (Å²) in [5.74, 6) is 0.693. The molecule has 2 aliphatic carbocycles. The highest BCUT2D eigenvalue weighted by Gasteiger charge is 2.32. The predicted molar refractivity (Wildman–Crippen MR) is 101 cm³/mol. The third-order valence-electron chi connectivity index (χ3n) is 6.43. The Balaban J connectivity index is 1.43. The maximum Gasteiger partial charge on any atom is 0.255 e. The largest absolute Gasteiger partial charge is 0.345 e. The van der Waals surface area contributed by atoms with Gasteiger partial charge in [0.05, 0.1) is 5.56 Å². The summed E-state index contributed by atoms with van der Waals surface area (Å²) in [5.41, 5.74) is 3.16. The molecule has 1 aliphatic heterocycles. The molecule has 4 rings (SSSR count). The average Bonchev–Trinajstić information content (AvgIpc) is 3.29. The van der Waals surface area contributed by atoms with Gasteiger partial charge in [0.1, 0.15) is 0 Å². The van der Waals surface area contributed by atoms with Crippen LogP contribution in [0.5, 0.6) is 0 Å². The van der Waals surface area contributed by atoms with Gasteiger partial charge in [0, 0.05) is 49.5 Å². The van der Waals surface area contributed by atoms with Crippen LogP contribution in [0.2, 0.25) is 0 Å². The summed E-state index contributed by atoms with van der Waals surface area (Å²) in [6, 6.07) is 2.66. The van der Waals surface area contributed by atoms with Crippen LogP contribution < -0.4 is 0 Å². The molecule has 0 spiro atoms. The second kappa shape index (κ2) is 7.09. The van der Waals surface area contributed by atoms with E-state index in [9.17, 15) is 9.59 Å². The molecule has 0 bridgehead atoms. The molecule has 1 saturated heterocycles. The smallest absolute Gasteiger partial charge is 0.255 e. The number of carbonyl (C=O) groups excluding carboxylic acids is 2. The summed E-state index contributed by atoms with van der Waals surface area (Å²) in [7, 11) is 0. The highest BCUT2D eigenvalue weighted by atomic mass is 16.2. The highest BCUT2D eigenvalue weighted by Crippen LogP contribution is 2.38. The van der Waals surface area contributed by atoms with E-state index in [0.717, 1.165) is 43.6 Å². The lowest BCUT2D eigenvalue weighted by atomic mass is 10.1. The van der Waals surface area contributed by atoms with E-state index in [4.69, 9.17) is 0 Å². The third-order valence-corrected chi connectivity index (χ3v) is 6.43. The normalized spacial score (nSPS) is 21.9. The van der Waals surface area contributed by atoms with Crippen LogP contribution in [0.25, 0.3) is 0 Å². The third kappa shape index (κ3) is 3.28. The van der Waals surface area contributed by atoms with E-state index >= 15 is 0 Å². The Morgan fingerprint density at radius 3 is 2.23 bits per heavy atom. The first kappa shape index (κ1) is 17.6. The van der Waals surface area contributed by atoms with Crippen molar-refractivity contribution in [2.75, 3.05) is 26.2 Å². The number of amides is 2. The van der Waals surface area contributed by atoms with Gasteiger partial charge in [-0.15, -0.1) is 0 Å². The quantitative estimate of drug-likeness (QED) is 0.833. The minimum absolute atomic E-state index is 0.139. The lowest BCUT2D eigenvalue weighted by Gasteiger charge is -2.24. The molecule has 0 atom stereocenters. The van der Waals surface area contributed by atoms with E-state index in [1.165, 1.54) is 31.4 Å². The van der Waals surface area contributed by atoms with Crippen molar-refractivity contribution in [1.29, 1.82) is 0 Å². The van der Waals surface area contributed by atoms with E-state index in [0.29, 0.717) is 25.0 Å². The van der Waals surface area contributed by atoms with Crippen LogP contribution in [0.4, 0.5) is 0 Å². The van der Waals surface area contributed by atoms with E-state index in [2.05, 4.69) is 24.5 Å². The van der Waals surface area contributed by atoms with Gasteiger partial charge >= 0.3 is 0 Å². The van der Waals surface area contributed by atoms with Crippen molar-refractivity contribution in [3.8, 4) is 0 Å². The van der Waals surface area contributed by atoms with E-state index in [1.54, 1.807) is 0 Å². The molecule has 0 aromatic carbocycles. The van der Waals surface area contributed by atoms with Gasteiger partial charge in [-0.25, -0.2) is 0 Å². The number of hydrogen-bond acceptors (Lipinski definition) is 2. The summed E-state index contributed by atoms with van der Waals surface area (Å²) in [4.78, 5) is 29.8. The molecular weight excluding hydrogens is 326 g/mol. The molecule has 0 unspecified atom stereocenters. The average molecular weight is 357 g/mol. The monoisotopic (exact) mass is 357 g/mol. The van der Waals surface area contributed by atoms with Gasteiger partial charge in [-0.05, 0) is 52.0 Å². The van der Waals surface area contributed by atoms with Crippen LogP contribution in [0.15, 0.2) is 6.07 Å². The first-order valence-electron chi connectivity index (χ1n) is 10.3. The SMILES string of the molecule is Cc1cc(C(=O)N2CCCN(C(=O)C3CCCC3)CC2)c(C)n1C1CC1. The molecule has 26 heavy (non-hydrogen) atoms. The zero-order valence-electron chi connectivity index (χ0n) is 16.2. The van der Waals surface area contributed by atoms with Crippen molar-refractivity contribution < 1.29 is 9.59 Å². The van der Waals surface area contributed by atoms with Crippen LogP contribution in [0.1, 0.15) is 72.7 Å². The number of nitrogens with zero attached hydrogens (tertiary/aromatic N) is 3. The Hall–Kier alpha value is -1.78. The van der Waals surface area contributed by atoms with Crippen molar-refractivity contribution in [2.45, 2.75) is 64.8 Å². The van der Waals surface area contributed by atoms with E-state index in [1.807, 2.05) is 9.80 Å². The number of rotatable bonds is 3. The van der Waals surface area contributed by atoms with Gasteiger partial charge in [0.15, 0.2) is 0 Å². The van der Waals surface area contributed by atoms with Crippen molar-refractivity contribution in [3.05, 3.63) is 23.0 Å². The highest BCUT2D eigenvalue weighted by molar-refractivity contribution is 5.96. The first-order chi connectivity index (χ1) is 12.6. The molecule has 2 saturated carbocycles. The number of aryl methyl sites for hydroxylation is 1. The van der Waals surface area contributed by atoms with Crippen LogP contribution in [-0.4, -0.2) is 52.4 Å². The number of aromatic nitrogens is 1. The molecule has 1 aromatic rings. The maximum absolute atomic E-state index is 13.1. The molecule has 3 fully saturated rings. The van der Waals surface area contributed by atoms with Gasteiger partial charge < -0.3 is 14.4 Å². The topological polar surface area (TPSA) is 45.6 Å². The lowest BCUT2D eigenvalue weighted by molar-refractivity contribution is -0.135. The molecule has 0 radical (unpaired) electrons. The van der Waals surface area contributed by atoms with Crippen molar-refractivity contribution >= 4 is 11.8 Å². The van der Waals surface area contributed by atoms with Crippen molar-refractivity contribution in [3.63, 3.8) is 0 Å². The van der Waals surface area contributed by atoms with Crippen molar-refractivity contribution in [1.82, 2.24) is 14.4 Å². The Labute approximate surface area is 156 Å². The predicted octanol–water partition coefficient (Wildman–Crippen LogP) is 3.30.